The maximum absolute atomic E-state index is 13.0. The molecule has 1 aliphatic rings. The molecule has 1 aromatic carbocycles. The molecule has 6 heteroatoms. The van der Waals surface area contributed by atoms with Crippen molar-refractivity contribution in [3.63, 3.8) is 0 Å². The van der Waals surface area contributed by atoms with Crippen LogP contribution in [0.1, 0.15) is 21.6 Å². The van der Waals surface area contributed by atoms with Gasteiger partial charge < -0.3 is 14.8 Å². The fourth-order valence-electron chi connectivity index (χ4n) is 3.47. The highest BCUT2D eigenvalue weighted by atomic mass is 16.2. The van der Waals surface area contributed by atoms with Gasteiger partial charge in [0.1, 0.15) is 12.1 Å². The summed E-state index contributed by atoms with van der Waals surface area (Å²) in [6.07, 6.45) is 5.05. The molecule has 3 aromatic rings. The molecule has 1 amide bonds. The molecule has 6 nitrogen and oxygen atoms in total. The molecule has 0 saturated heterocycles. The Kier molecular flexibility index (Phi) is 3.87. The quantitative estimate of drug-likeness (QED) is 0.780. The Morgan fingerprint density at radius 3 is 2.84 bits per heavy atom. The molecule has 0 unspecified atom stereocenters. The normalized spacial score (nSPS) is 14.2. The van der Waals surface area contributed by atoms with Crippen LogP contribution < -0.4 is 4.90 Å². The Morgan fingerprint density at radius 1 is 1.16 bits per heavy atom. The van der Waals surface area contributed by atoms with Gasteiger partial charge in [-0.05, 0) is 30.7 Å². The molecule has 3 heterocycles. The second-order valence-corrected chi connectivity index (χ2v) is 6.59. The number of hydrogen-bond donors (Lipinski definition) is 1. The lowest BCUT2D eigenvalue weighted by Gasteiger charge is -2.20. The van der Waals surface area contributed by atoms with Crippen LogP contribution in [0.4, 0.5) is 5.82 Å². The summed E-state index contributed by atoms with van der Waals surface area (Å²) in [4.78, 5) is 28.9. The van der Waals surface area contributed by atoms with E-state index in [2.05, 4.69) is 15.0 Å². The number of anilines is 1. The lowest BCUT2D eigenvalue weighted by atomic mass is 10.1. The number of benzene rings is 1. The van der Waals surface area contributed by atoms with Crippen LogP contribution in [-0.4, -0.2) is 52.9 Å². The topological polar surface area (TPSA) is 65.1 Å². The maximum Gasteiger partial charge on any atom is 0.253 e. The lowest BCUT2D eigenvalue weighted by molar-refractivity contribution is 0.0763. The van der Waals surface area contributed by atoms with Crippen molar-refractivity contribution in [2.45, 2.75) is 12.8 Å². The first-order chi connectivity index (χ1) is 12.1. The van der Waals surface area contributed by atoms with Crippen LogP contribution in [0.2, 0.25) is 0 Å². The van der Waals surface area contributed by atoms with E-state index in [0.717, 1.165) is 46.4 Å². The van der Waals surface area contributed by atoms with Gasteiger partial charge >= 0.3 is 0 Å². The van der Waals surface area contributed by atoms with Crippen molar-refractivity contribution in [1.29, 1.82) is 0 Å². The summed E-state index contributed by atoms with van der Waals surface area (Å²) in [6.45, 7) is 1.37. The van der Waals surface area contributed by atoms with Crippen LogP contribution in [-0.2, 0) is 12.8 Å². The van der Waals surface area contributed by atoms with Gasteiger partial charge in [0.25, 0.3) is 5.91 Å². The van der Waals surface area contributed by atoms with Crippen molar-refractivity contribution < 1.29 is 4.79 Å². The van der Waals surface area contributed by atoms with Crippen molar-refractivity contribution >= 4 is 22.6 Å². The van der Waals surface area contributed by atoms with Crippen molar-refractivity contribution in [2.75, 3.05) is 32.1 Å². The summed E-state index contributed by atoms with van der Waals surface area (Å²) in [6, 6.07) is 7.80. The Balaban J connectivity index is 1.58. The number of fused-ring (bicyclic) bond motifs is 2. The van der Waals surface area contributed by atoms with Crippen molar-refractivity contribution in [1.82, 2.24) is 19.9 Å². The summed E-state index contributed by atoms with van der Waals surface area (Å²) in [7, 11) is 3.98. The van der Waals surface area contributed by atoms with Gasteiger partial charge in [0.15, 0.2) is 0 Å². The van der Waals surface area contributed by atoms with Crippen LogP contribution in [0, 0.1) is 0 Å². The Morgan fingerprint density at radius 2 is 2.00 bits per heavy atom. The van der Waals surface area contributed by atoms with E-state index in [1.54, 1.807) is 6.33 Å². The third-order valence-electron chi connectivity index (χ3n) is 4.77. The minimum atomic E-state index is 0.0790. The summed E-state index contributed by atoms with van der Waals surface area (Å²) in [5.41, 5.74) is 3.99. The Labute approximate surface area is 146 Å². The van der Waals surface area contributed by atoms with Gasteiger partial charge in [-0.15, -0.1) is 0 Å². The summed E-state index contributed by atoms with van der Waals surface area (Å²) in [5, 5.41) is 1.06. The van der Waals surface area contributed by atoms with Gasteiger partial charge in [-0.3, -0.25) is 4.79 Å². The Bertz CT molecular complexity index is 930. The molecule has 2 aromatic heterocycles. The van der Waals surface area contributed by atoms with E-state index in [0.29, 0.717) is 13.1 Å². The van der Waals surface area contributed by atoms with E-state index in [9.17, 15) is 4.79 Å². The van der Waals surface area contributed by atoms with Gasteiger partial charge in [-0.25, -0.2) is 9.97 Å². The highest BCUT2D eigenvalue weighted by molar-refractivity contribution is 5.98. The fraction of sp³-hybridized carbons (Fsp3) is 0.316. The lowest BCUT2D eigenvalue weighted by Crippen LogP contribution is -2.33. The zero-order valence-electron chi connectivity index (χ0n) is 14.5. The van der Waals surface area contributed by atoms with E-state index < -0.39 is 0 Å². The SMILES string of the molecule is CN(C)c1ncnc2c1CCN(C(=O)c1ccc3[nH]ccc3c1)CC2. The van der Waals surface area contributed by atoms with Crippen molar-refractivity contribution in [3.05, 3.63) is 53.6 Å². The number of nitrogens with zero attached hydrogens (tertiary/aromatic N) is 4. The average Bonchev–Trinajstić information content (AvgIpc) is 2.98. The molecule has 0 atom stereocenters. The number of nitrogens with one attached hydrogen (secondary N) is 1. The number of aromatic amines is 1. The van der Waals surface area contributed by atoms with Gasteiger partial charge in [-0.1, -0.05) is 0 Å². The van der Waals surface area contributed by atoms with Crippen LogP contribution in [0.25, 0.3) is 10.9 Å². The molecule has 128 valence electrons. The summed E-state index contributed by atoms with van der Waals surface area (Å²) in [5.74, 6) is 1.03. The number of hydrogen-bond acceptors (Lipinski definition) is 4. The van der Waals surface area contributed by atoms with Gasteiger partial charge in [0.2, 0.25) is 0 Å². The monoisotopic (exact) mass is 335 g/mol. The van der Waals surface area contributed by atoms with Gasteiger partial charge in [-0.2, -0.15) is 0 Å². The van der Waals surface area contributed by atoms with Crippen molar-refractivity contribution in [2.24, 2.45) is 0 Å². The maximum atomic E-state index is 13.0. The molecule has 0 saturated carbocycles. The predicted molar refractivity (Wildman–Crippen MR) is 98.0 cm³/mol. The number of rotatable bonds is 2. The van der Waals surface area contributed by atoms with Crippen LogP contribution >= 0.6 is 0 Å². The second-order valence-electron chi connectivity index (χ2n) is 6.59. The summed E-state index contributed by atoms with van der Waals surface area (Å²) < 4.78 is 0. The molecule has 1 aliphatic heterocycles. The van der Waals surface area contributed by atoms with Crippen molar-refractivity contribution in [3.8, 4) is 0 Å². The molecule has 25 heavy (non-hydrogen) atoms. The zero-order valence-corrected chi connectivity index (χ0v) is 14.5. The number of H-pyrrole nitrogens is 1. The number of carbonyl (C=O) groups is 1. The molecule has 0 spiro atoms. The van der Waals surface area contributed by atoms with Crippen LogP contribution in [0.5, 0.6) is 0 Å². The molecular formula is C19H21N5O. The third-order valence-corrected chi connectivity index (χ3v) is 4.77. The fourth-order valence-corrected chi connectivity index (χ4v) is 3.47. The average molecular weight is 335 g/mol. The predicted octanol–water partition coefficient (Wildman–Crippen LogP) is 2.26. The number of carbonyl (C=O) groups excluding carboxylic acids is 1. The molecular weight excluding hydrogens is 314 g/mol. The van der Waals surface area contributed by atoms with E-state index in [1.165, 1.54) is 0 Å². The standard InChI is InChI=1S/C19H21N5O/c1-23(2)18-15-6-9-24(10-7-17(15)21-12-22-18)19(25)14-3-4-16-13(11-14)5-8-20-16/h3-5,8,11-12,20H,6-7,9-10H2,1-2H3. The largest absolute Gasteiger partial charge is 0.362 e. The first kappa shape index (κ1) is 15.6. The number of aromatic nitrogens is 3. The van der Waals surface area contributed by atoms with Crippen LogP contribution in [0.3, 0.4) is 0 Å². The third kappa shape index (κ3) is 2.84. The molecule has 0 aliphatic carbocycles. The van der Waals surface area contributed by atoms with E-state index >= 15 is 0 Å². The highest BCUT2D eigenvalue weighted by Crippen LogP contribution is 2.23. The highest BCUT2D eigenvalue weighted by Gasteiger charge is 2.23. The van der Waals surface area contributed by atoms with Crippen LogP contribution in [0.15, 0.2) is 36.8 Å². The van der Waals surface area contributed by atoms with E-state index in [1.807, 2.05) is 54.4 Å². The zero-order chi connectivity index (χ0) is 17.4. The minimum absolute atomic E-state index is 0.0790. The van der Waals surface area contributed by atoms with Gasteiger partial charge in [0.05, 0.1) is 5.69 Å². The second kappa shape index (κ2) is 6.20. The van der Waals surface area contributed by atoms with E-state index in [-0.39, 0.29) is 5.91 Å². The molecule has 4 rings (SSSR count). The Hall–Kier alpha value is -2.89. The molecule has 0 radical (unpaired) electrons. The molecule has 1 N–H and O–H groups in total. The smallest absolute Gasteiger partial charge is 0.253 e. The minimum Gasteiger partial charge on any atom is -0.362 e. The first-order valence-electron chi connectivity index (χ1n) is 8.50. The van der Waals surface area contributed by atoms with Gasteiger partial charge in [0, 0.05) is 61.8 Å². The first-order valence-corrected chi connectivity index (χ1v) is 8.50. The van der Waals surface area contributed by atoms with E-state index in [4.69, 9.17) is 0 Å². The summed E-state index contributed by atoms with van der Waals surface area (Å²) >= 11 is 0. The molecule has 0 bridgehead atoms. The number of amides is 1. The molecule has 0 fully saturated rings.